The normalized spacial score (nSPS) is 23.7. The minimum absolute atomic E-state index is 0.218. The van der Waals surface area contributed by atoms with Crippen LogP contribution in [0.2, 0.25) is 0 Å². The molecule has 2 fully saturated rings. The highest BCUT2D eigenvalue weighted by Crippen LogP contribution is 2.30. The van der Waals surface area contributed by atoms with E-state index in [1.54, 1.807) is 0 Å². The minimum Gasteiger partial charge on any atom is -0.342 e. The highest BCUT2D eigenvalue weighted by molar-refractivity contribution is 5.76. The van der Waals surface area contributed by atoms with Crippen LogP contribution in [0.15, 0.2) is 4.52 Å². The Labute approximate surface area is 126 Å². The number of hydrogen-bond acceptors (Lipinski definition) is 4. The molecule has 21 heavy (non-hydrogen) atoms. The van der Waals surface area contributed by atoms with E-state index in [0.29, 0.717) is 24.0 Å². The number of piperidine rings is 1. The molecule has 2 heterocycles. The first-order chi connectivity index (χ1) is 10.2. The summed E-state index contributed by atoms with van der Waals surface area (Å²) in [7, 11) is 0. The van der Waals surface area contributed by atoms with Crippen molar-refractivity contribution in [1.29, 1.82) is 0 Å². The lowest BCUT2D eigenvalue weighted by atomic mass is 9.96. The molecule has 3 rings (SSSR count). The molecular weight excluding hydrogens is 266 g/mol. The topological polar surface area (TPSA) is 59.2 Å². The van der Waals surface area contributed by atoms with Crippen LogP contribution in [0, 0.1) is 12.8 Å². The van der Waals surface area contributed by atoms with Crippen molar-refractivity contribution >= 4 is 5.91 Å². The van der Waals surface area contributed by atoms with Gasteiger partial charge in [-0.25, -0.2) is 0 Å². The van der Waals surface area contributed by atoms with Crippen molar-refractivity contribution in [2.45, 2.75) is 64.2 Å². The highest BCUT2D eigenvalue weighted by atomic mass is 16.5. The van der Waals surface area contributed by atoms with Gasteiger partial charge in [-0.2, -0.15) is 4.98 Å². The third-order valence-electron chi connectivity index (χ3n) is 4.91. The van der Waals surface area contributed by atoms with Gasteiger partial charge in [0.1, 0.15) is 0 Å². The molecule has 0 N–H and O–H groups in total. The second-order valence-corrected chi connectivity index (χ2v) is 6.55. The zero-order valence-electron chi connectivity index (χ0n) is 12.9. The molecule has 1 atom stereocenters. The van der Waals surface area contributed by atoms with E-state index in [-0.39, 0.29) is 5.92 Å². The maximum atomic E-state index is 12.4. The van der Waals surface area contributed by atoms with Crippen LogP contribution in [0.3, 0.4) is 0 Å². The number of aryl methyl sites for hydroxylation is 1. The molecule has 1 aromatic rings. The average Bonchev–Trinajstić information content (AvgIpc) is 3.16. The van der Waals surface area contributed by atoms with E-state index < -0.39 is 0 Å². The number of amides is 1. The zero-order chi connectivity index (χ0) is 14.7. The minimum atomic E-state index is 0.218. The molecule has 1 aliphatic carbocycles. The van der Waals surface area contributed by atoms with Crippen molar-refractivity contribution in [3.63, 3.8) is 0 Å². The second kappa shape index (κ2) is 6.58. The third-order valence-corrected chi connectivity index (χ3v) is 4.91. The largest absolute Gasteiger partial charge is 0.342 e. The molecule has 1 saturated heterocycles. The van der Waals surface area contributed by atoms with Crippen LogP contribution in [0.25, 0.3) is 0 Å². The summed E-state index contributed by atoms with van der Waals surface area (Å²) in [6.07, 6.45) is 9.17. The summed E-state index contributed by atoms with van der Waals surface area (Å²) >= 11 is 0. The Bertz CT molecular complexity index is 480. The molecule has 2 aliphatic rings. The summed E-state index contributed by atoms with van der Waals surface area (Å²) in [5.74, 6) is 2.68. The van der Waals surface area contributed by atoms with E-state index >= 15 is 0 Å². The van der Waals surface area contributed by atoms with Crippen LogP contribution in [-0.4, -0.2) is 34.0 Å². The van der Waals surface area contributed by atoms with Crippen LogP contribution in [0.5, 0.6) is 0 Å². The summed E-state index contributed by atoms with van der Waals surface area (Å²) in [5.41, 5.74) is 0. The molecule has 116 valence electrons. The predicted octanol–water partition coefficient (Wildman–Crippen LogP) is 3.05. The maximum Gasteiger partial charge on any atom is 0.231 e. The Morgan fingerprint density at radius 3 is 2.81 bits per heavy atom. The Balaban J connectivity index is 1.51. The van der Waals surface area contributed by atoms with E-state index in [9.17, 15) is 4.79 Å². The fraction of sp³-hybridized carbons (Fsp3) is 0.812. The number of aromatic nitrogens is 2. The van der Waals surface area contributed by atoms with Gasteiger partial charge in [0.05, 0.1) is 5.92 Å². The van der Waals surface area contributed by atoms with E-state index in [0.717, 1.165) is 38.3 Å². The molecule has 0 bridgehead atoms. The molecule has 5 heteroatoms. The van der Waals surface area contributed by atoms with Crippen molar-refractivity contribution in [2.75, 3.05) is 13.1 Å². The first-order valence-electron chi connectivity index (χ1n) is 8.30. The number of likely N-dealkylation sites (tertiary alicyclic amines) is 1. The van der Waals surface area contributed by atoms with Crippen molar-refractivity contribution < 1.29 is 9.32 Å². The molecule has 0 unspecified atom stereocenters. The molecule has 1 amide bonds. The second-order valence-electron chi connectivity index (χ2n) is 6.55. The lowest BCUT2D eigenvalue weighted by Crippen LogP contribution is -2.39. The van der Waals surface area contributed by atoms with Gasteiger partial charge in [-0.3, -0.25) is 4.79 Å². The maximum absolute atomic E-state index is 12.4. The van der Waals surface area contributed by atoms with Gasteiger partial charge in [0, 0.05) is 19.5 Å². The lowest BCUT2D eigenvalue weighted by molar-refractivity contribution is -0.132. The Morgan fingerprint density at radius 2 is 2.10 bits per heavy atom. The fourth-order valence-electron chi connectivity index (χ4n) is 3.67. The van der Waals surface area contributed by atoms with Crippen molar-refractivity contribution in [3.05, 3.63) is 11.7 Å². The fourth-order valence-corrected chi connectivity index (χ4v) is 3.67. The lowest BCUT2D eigenvalue weighted by Gasteiger charge is -2.31. The van der Waals surface area contributed by atoms with Crippen LogP contribution in [0.4, 0.5) is 0 Å². The van der Waals surface area contributed by atoms with Gasteiger partial charge < -0.3 is 9.42 Å². The molecular formula is C16H25N3O2. The highest BCUT2D eigenvalue weighted by Gasteiger charge is 2.28. The number of carbonyl (C=O) groups excluding carboxylic acids is 1. The SMILES string of the molecule is Cc1noc([C@H]2CCCN(C(=O)CCC3CCCC3)C2)n1. The van der Waals surface area contributed by atoms with Gasteiger partial charge in [0.2, 0.25) is 11.8 Å². The summed E-state index contributed by atoms with van der Waals surface area (Å²) in [6, 6.07) is 0. The number of carbonyl (C=O) groups is 1. The monoisotopic (exact) mass is 291 g/mol. The van der Waals surface area contributed by atoms with Crippen molar-refractivity contribution in [2.24, 2.45) is 5.92 Å². The Morgan fingerprint density at radius 1 is 1.29 bits per heavy atom. The quantitative estimate of drug-likeness (QED) is 0.855. The van der Waals surface area contributed by atoms with Crippen molar-refractivity contribution in [1.82, 2.24) is 15.0 Å². The predicted molar refractivity (Wildman–Crippen MR) is 78.8 cm³/mol. The number of hydrogen-bond donors (Lipinski definition) is 0. The first kappa shape index (κ1) is 14.5. The summed E-state index contributed by atoms with van der Waals surface area (Å²) < 4.78 is 5.27. The van der Waals surface area contributed by atoms with E-state index in [2.05, 4.69) is 10.1 Å². The van der Waals surface area contributed by atoms with Gasteiger partial charge in [-0.05, 0) is 32.1 Å². The standard InChI is InChI=1S/C16H25N3O2/c1-12-17-16(21-18-12)14-7-4-10-19(11-14)15(20)9-8-13-5-2-3-6-13/h13-14H,2-11H2,1H3/t14-/m0/s1. The molecule has 5 nitrogen and oxygen atoms in total. The van der Waals surface area contributed by atoms with Crippen LogP contribution < -0.4 is 0 Å². The van der Waals surface area contributed by atoms with Gasteiger partial charge in [0.25, 0.3) is 0 Å². The third kappa shape index (κ3) is 3.63. The van der Waals surface area contributed by atoms with Gasteiger partial charge in [-0.15, -0.1) is 0 Å². The Kier molecular flexibility index (Phi) is 4.56. The zero-order valence-corrected chi connectivity index (χ0v) is 12.9. The van der Waals surface area contributed by atoms with E-state index in [4.69, 9.17) is 4.52 Å². The number of nitrogens with zero attached hydrogens (tertiary/aromatic N) is 3. The molecule has 0 spiro atoms. The molecule has 0 radical (unpaired) electrons. The number of rotatable bonds is 4. The van der Waals surface area contributed by atoms with Crippen molar-refractivity contribution in [3.8, 4) is 0 Å². The summed E-state index contributed by atoms with van der Waals surface area (Å²) in [6.45, 7) is 3.46. The van der Waals surface area contributed by atoms with Gasteiger partial charge in [-0.1, -0.05) is 30.8 Å². The molecule has 1 saturated carbocycles. The average molecular weight is 291 g/mol. The molecule has 1 aromatic heterocycles. The molecule has 1 aliphatic heterocycles. The summed E-state index contributed by atoms with van der Waals surface area (Å²) in [5, 5.41) is 3.86. The van der Waals surface area contributed by atoms with Crippen LogP contribution in [0.1, 0.15) is 69.0 Å². The van der Waals surface area contributed by atoms with Crippen LogP contribution >= 0.6 is 0 Å². The van der Waals surface area contributed by atoms with E-state index in [1.807, 2.05) is 11.8 Å². The first-order valence-corrected chi connectivity index (χ1v) is 8.30. The van der Waals surface area contributed by atoms with Gasteiger partial charge >= 0.3 is 0 Å². The van der Waals surface area contributed by atoms with E-state index in [1.165, 1.54) is 25.7 Å². The van der Waals surface area contributed by atoms with Crippen LogP contribution in [-0.2, 0) is 4.79 Å². The Hall–Kier alpha value is -1.39. The molecule has 0 aromatic carbocycles. The smallest absolute Gasteiger partial charge is 0.231 e. The van der Waals surface area contributed by atoms with Gasteiger partial charge in [0.15, 0.2) is 5.82 Å². The summed E-state index contributed by atoms with van der Waals surface area (Å²) in [4.78, 5) is 18.7.